The highest BCUT2D eigenvalue weighted by Crippen LogP contribution is 2.36. The minimum atomic E-state index is -0.485. The summed E-state index contributed by atoms with van der Waals surface area (Å²) in [6, 6.07) is 10.6. The van der Waals surface area contributed by atoms with E-state index < -0.39 is 5.97 Å². The smallest absolute Gasteiger partial charge is 0.342 e. The summed E-state index contributed by atoms with van der Waals surface area (Å²) >= 11 is 12.5. The summed E-state index contributed by atoms with van der Waals surface area (Å²) in [6.07, 6.45) is 1.49. The quantitative estimate of drug-likeness (QED) is 0.389. The molecule has 0 fully saturated rings. The first kappa shape index (κ1) is 22.0. The Hall–Kier alpha value is -2.28. The van der Waals surface area contributed by atoms with Gasteiger partial charge in [-0.15, -0.1) is 0 Å². The first-order chi connectivity index (χ1) is 13.5. The van der Waals surface area contributed by atoms with Crippen molar-refractivity contribution in [3.63, 3.8) is 0 Å². The summed E-state index contributed by atoms with van der Waals surface area (Å²) in [5, 5.41) is 4.10. The lowest BCUT2D eigenvalue weighted by Gasteiger charge is -2.15. The minimum absolute atomic E-state index is 0.0877. The molecular formula is C20H22Cl2N2O4. The van der Waals surface area contributed by atoms with Crippen LogP contribution in [0.15, 0.2) is 41.4 Å². The molecule has 6 nitrogen and oxygen atoms in total. The fraction of sp³-hybridized carbons (Fsp3) is 0.300. The lowest BCUT2D eigenvalue weighted by Crippen LogP contribution is -2.11. The number of nitrogens with one attached hydrogen (secondary N) is 1. The van der Waals surface area contributed by atoms with Crippen LogP contribution in [0.2, 0.25) is 10.0 Å². The van der Waals surface area contributed by atoms with Gasteiger partial charge in [-0.05, 0) is 37.6 Å². The lowest BCUT2D eigenvalue weighted by atomic mass is 10.1. The molecule has 1 heterocycles. The number of benzene rings is 2. The number of para-hydroxylation sites is 1. The second-order valence-electron chi connectivity index (χ2n) is 5.65. The normalized spacial score (nSPS) is 12.0. The third-order valence-electron chi connectivity index (χ3n) is 3.66. The summed E-state index contributed by atoms with van der Waals surface area (Å²) in [5.41, 5.74) is 2.37. The monoisotopic (exact) mass is 424 g/mol. The van der Waals surface area contributed by atoms with Gasteiger partial charge in [0.2, 0.25) is 0 Å². The topological polar surface area (TPSA) is 69.1 Å². The summed E-state index contributed by atoms with van der Waals surface area (Å²) in [7, 11) is 0. The van der Waals surface area contributed by atoms with E-state index in [9.17, 15) is 4.79 Å². The fourth-order valence-corrected chi connectivity index (χ4v) is 2.66. The maximum Gasteiger partial charge on any atom is 0.342 e. The first-order valence-electron chi connectivity index (χ1n) is 8.70. The van der Waals surface area contributed by atoms with Crippen molar-refractivity contribution in [2.24, 2.45) is 4.99 Å². The Kier molecular flexibility index (Phi) is 9.07. The molecule has 0 aliphatic carbocycles. The molecular weight excluding hydrogens is 403 g/mol. The van der Waals surface area contributed by atoms with Crippen molar-refractivity contribution in [2.75, 3.05) is 31.9 Å². The Morgan fingerprint density at radius 2 is 2.04 bits per heavy atom. The molecule has 28 heavy (non-hydrogen) atoms. The molecule has 3 rings (SSSR count). The third kappa shape index (κ3) is 6.41. The van der Waals surface area contributed by atoms with Gasteiger partial charge in [-0.25, -0.2) is 4.79 Å². The molecule has 0 bridgehead atoms. The summed E-state index contributed by atoms with van der Waals surface area (Å²) in [4.78, 5) is 15.9. The number of aryl methyl sites for hydroxylation is 1. The Morgan fingerprint density at radius 1 is 1.25 bits per heavy atom. The Bertz CT molecular complexity index is 822. The van der Waals surface area contributed by atoms with Crippen LogP contribution in [-0.4, -0.2) is 38.9 Å². The second kappa shape index (κ2) is 11.5. The van der Waals surface area contributed by atoms with Gasteiger partial charge in [0, 0.05) is 6.61 Å². The molecule has 1 N–H and O–H groups in total. The van der Waals surface area contributed by atoms with Crippen molar-refractivity contribution in [1.82, 2.24) is 0 Å². The van der Waals surface area contributed by atoms with E-state index in [1.54, 1.807) is 30.3 Å². The summed E-state index contributed by atoms with van der Waals surface area (Å²) in [6.45, 7) is 5.72. The number of aliphatic imine (C=N–C) groups is 1. The summed E-state index contributed by atoms with van der Waals surface area (Å²) in [5.74, 6) is -0.485. The average molecular weight is 425 g/mol. The SMILES string of the molecule is C1=NCCO1.CCOCOC(=O)c1ccccc1Nc1c(Cl)ccc(C)c1Cl. The van der Waals surface area contributed by atoms with Crippen LogP contribution in [0.5, 0.6) is 0 Å². The van der Waals surface area contributed by atoms with Gasteiger partial charge in [0.25, 0.3) is 0 Å². The lowest BCUT2D eigenvalue weighted by molar-refractivity contribution is -0.0273. The number of hydrogen-bond donors (Lipinski definition) is 1. The first-order valence-corrected chi connectivity index (χ1v) is 9.45. The number of carbonyl (C=O) groups excluding carboxylic acids is 1. The number of esters is 1. The molecule has 150 valence electrons. The fourth-order valence-electron chi connectivity index (χ4n) is 2.20. The molecule has 2 aromatic carbocycles. The highest BCUT2D eigenvalue weighted by atomic mass is 35.5. The van der Waals surface area contributed by atoms with Crippen LogP contribution in [0.25, 0.3) is 0 Å². The molecule has 0 saturated carbocycles. The number of carbonyl (C=O) groups is 1. The second-order valence-corrected chi connectivity index (χ2v) is 6.43. The number of nitrogens with zero attached hydrogens (tertiary/aromatic N) is 1. The van der Waals surface area contributed by atoms with Crippen LogP contribution < -0.4 is 5.32 Å². The highest BCUT2D eigenvalue weighted by Gasteiger charge is 2.15. The van der Waals surface area contributed by atoms with Gasteiger partial charge < -0.3 is 19.5 Å². The van der Waals surface area contributed by atoms with Gasteiger partial charge in [-0.3, -0.25) is 4.99 Å². The molecule has 0 saturated heterocycles. The van der Waals surface area contributed by atoms with Crippen LogP contribution in [0.4, 0.5) is 11.4 Å². The number of rotatable bonds is 6. The largest absolute Gasteiger partial charge is 0.482 e. The zero-order valence-corrected chi connectivity index (χ0v) is 17.2. The molecule has 0 spiro atoms. The van der Waals surface area contributed by atoms with Crippen LogP contribution in [0, 0.1) is 6.92 Å². The van der Waals surface area contributed by atoms with Crippen molar-refractivity contribution in [1.29, 1.82) is 0 Å². The standard InChI is InChI=1S/C17H17Cl2NO3.C3H5NO/c1-3-22-10-23-17(21)12-6-4-5-7-14(12)20-16-13(18)9-8-11(2)15(16)19;1-2-5-3-4-1/h4-9,20H,3,10H2,1-2H3;3H,1-2H2. The summed E-state index contributed by atoms with van der Waals surface area (Å²) < 4.78 is 14.7. The van der Waals surface area contributed by atoms with Crippen LogP contribution in [-0.2, 0) is 14.2 Å². The molecule has 2 aromatic rings. The number of anilines is 2. The van der Waals surface area contributed by atoms with E-state index in [1.165, 1.54) is 6.40 Å². The van der Waals surface area contributed by atoms with E-state index in [0.717, 1.165) is 18.7 Å². The molecule has 0 amide bonds. The van der Waals surface area contributed by atoms with E-state index in [1.807, 2.05) is 19.9 Å². The highest BCUT2D eigenvalue weighted by molar-refractivity contribution is 6.39. The van der Waals surface area contributed by atoms with Crippen molar-refractivity contribution in [2.45, 2.75) is 13.8 Å². The average Bonchev–Trinajstić information content (AvgIpc) is 3.29. The molecule has 0 unspecified atom stereocenters. The van der Waals surface area contributed by atoms with E-state index in [4.69, 9.17) is 32.7 Å². The van der Waals surface area contributed by atoms with Crippen LogP contribution in [0.3, 0.4) is 0 Å². The van der Waals surface area contributed by atoms with E-state index in [0.29, 0.717) is 33.6 Å². The predicted octanol–water partition coefficient (Wildman–Crippen LogP) is 5.24. The maximum atomic E-state index is 12.2. The Labute approximate surface area is 174 Å². The predicted molar refractivity (Wildman–Crippen MR) is 112 cm³/mol. The number of halogens is 2. The molecule has 0 atom stereocenters. The zero-order chi connectivity index (χ0) is 20.4. The Balaban J connectivity index is 0.000000485. The molecule has 0 radical (unpaired) electrons. The van der Waals surface area contributed by atoms with E-state index in [2.05, 4.69) is 15.0 Å². The van der Waals surface area contributed by atoms with Crippen molar-refractivity contribution in [3.05, 3.63) is 57.6 Å². The van der Waals surface area contributed by atoms with Crippen LogP contribution in [0.1, 0.15) is 22.8 Å². The minimum Gasteiger partial charge on any atom is -0.482 e. The molecule has 1 aliphatic rings. The zero-order valence-electron chi connectivity index (χ0n) is 15.7. The van der Waals surface area contributed by atoms with E-state index >= 15 is 0 Å². The van der Waals surface area contributed by atoms with Gasteiger partial charge >= 0.3 is 5.97 Å². The molecule has 0 aromatic heterocycles. The molecule has 8 heteroatoms. The van der Waals surface area contributed by atoms with Gasteiger partial charge in [0.15, 0.2) is 13.2 Å². The van der Waals surface area contributed by atoms with Crippen molar-refractivity contribution < 1.29 is 19.0 Å². The van der Waals surface area contributed by atoms with Gasteiger partial charge in [0.05, 0.1) is 33.5 Å². The maximum absolute atomic E-state index is 12.2. The van der Waals surface area contributed by atoms with Crippen LogP contribution >= 0.6 is 23.2 Å². The van der Waals surface area contributed by atoms with Gasteiger partial charge in [0.1, 0.15) is 6.61 Å². The number of hydrogen-bond acceptors (Lipinski definition) is 6. The van der Waals surface area contributed by atoms with Crippen molar-refractivity contribution >= 4 is 46.9 Å². The third-order valence-corrected chi connectivity index (χ3v) is 4.46. The van der Waals surface area contributed by atoms with Crippen molar-refractivity contribution in [3.8, 4) is 0 Å². The van der Waals surface area contributed by atoms with E-state index in [-0.39, 0.29) is 6.79 Å². The van der Waals surface area contributed by atoms with Gasteiger partial charge in [-0.1, -0.05) is 41.4 Å². The molecule has 1 aliphatic heterocycles. The van der Waals surface area contributed by atoms with Gasteiger partial charge in [-0.2, -0.15) is 0 Å². The number of ether oxygens (including phenoxy) is 3. The Morgan fingerprint density at radius 3 is 2.68 bits per heavy atom.